The Hall–Kier alpha value is -1.44. The molecule has 0 spiro atoms. The van der Waals surface area contributed by atoms with E-state index in [1.54, 1.807) is 0 Å². The molecule has 1 aliphatic carbocycles. The smallest absolute Gasteiger partial charge is 0.262 e. The van der Waals surface area contributed by atoms with Gasteiger partial charge in [0.2, 0.25) is 0 Å². The quantitative estimate of drug-likeness (QED) is 0.814. The molecule has 3 N–H and O–H groups in total. The normalized spacial score (nSPS) is 22.1. The van der Waals surface area contributed by atoms with Crippen molar-refractivity contribution in [3.05, 3.63) is 26.6 Å². The van der Waals surface area contributed by atoms with Crippen molar-refractivity contribution in [1.82, 2.24) is 14.9 Å². The van der Waals surface area contributed by atoms with Crippen molar-refractivity contribution >= 4 is 39.9 Å². The molecule has 0 radical (unpaired) electrons. The number of halogens is 1. The predicted octanol–water partition coefficient (Wildman–Crippen LogP) is 2.77. The third-order valence-corrected chi connectivity index (χ3v) is 7.08. The van der Waals surface area contributed by atoms with Gasteiger partial charge in [-0.05, 0) is 50.6 Å². The van der Waals surface area contributed by atoms with E-state index in [1.807, 2.05) is 11.5 Å². The van der Waals surface area contributed by atoms with Gasteiger partial charge < -0.3 is 11.1 Å². The molecule has 1 aliphatic heterocycles. The van der Waals surface area contributed by atoms with Gasteiger partial charge >= 0.3 is 0 Å². The fraction of sp³-hybridized carbons (Fsp3) is 0.632. The Morgan fingerprint density at radius 3 is 2.89 bits per heavy atom. The van der Waals surface area contributed by atoms with Crippen LogP contribution in [0.15, 0.2) is 4.79 Å². The zero-order valence-electron chi connectivity index (χ0n) is 15.6. The van der Waals surface area contributed by atoms with Gasteiger partial charge in [0.05, 0.1) is 10.3 Å². The van der Waals surface area contributed by atoms with E-state index in [1.165, 1.54) is 11.3 Å². The van der Waals surface area contributed by atoms with Crippen LogP contribution in [0.2, 0.25) is 0 Å². The number of rotatable bonds is 3. The highest BCUT2D eigenvalue weighted by atomic mass is 35.5. The van der Waals surface area contributed by atoms with Crippen LogP contribution in [-0.2, 0) is 13.0 Å². The van der Waals surface area contributed by atoms with E-state index in [-0.39, 0.29) is 29.9 Å². The first-order valence-electron chi connectivity index (χ1n) is 9.64. The Morgan fingerprint density at radius 2 is 2.11 bits per heavy atom. The van der Waals surface area contributed by atoms with Gasteiger partial charge in [-0.3, -0.25) is 14.2 Å². The lowest BCUT2D eigenvalue weighted by Crippen LogP contribution is -2.39. The van der Waals surface area contributed by atoms with Gasteiger partial charge in [0, 0.05) is 19.0 Å². The fourth-order valence-electron chi connectivity index (χ4n) is 4.37. The molecule has 2 atom stereocenters. The Labute approximate surface area is 169 Å². The van der Waals surface area contributed by atoms with E-state index < -0.39 is 0 Å². The molecule has 1 amide bonds. The highest BCUT2D eigenvalue weighted by Gasteiger charge is 2.29. The number of aromatic nitrogens is 2. The second-order valence-corrected chi connectivity index (χ2v) is 8.54. The zero-order chi connectivity index (χ0) is 18.3. The van der Waals surface area contributed by atoms with Crippen LogP contribution in [0.3, 0.4) is 0 Å². The average molecular weight is 411 g/mol. The van der Waals surface area contributed by atoms with Crippen LogP contribution < -0.4 is 16.6 Å². The maximum Gasteiger partial charge on any atom is 0.262 e. The SMILES string of the molecule is Cc1c(C(=O)NC2CCCC2CN)sc2nc3n(c(=O)c12)CCCCC3.Cl. The van der Waals surface area contributed by atoms with E-state index in [0.717, 1.165) is 62.9 Å². The molecule has 8 heteroatoms. The number of fused-ring (bicyclic) bond motifs is 2. The summed E-state index contributed by atoms with van der Waals surface area (Å²) in [6, 6.07) is 0.142. The Bertz CT molecular complexity index is 907. The number of thiophene rings is 1. The first-order chi connectivity index (χ1) is 12.6. The number of carbonyl (C=O) groups excluding carboxylic acids is 1. The van der Waals surface area contributed by atoms with Gasteiger partial charge in [-0.15, -0.1) is 23.7 Å². The molecule has 0 aromatic carbocycles. The first-order valence-corrected chi connectivity index (χ1v) is 10.5. The van der Waals surface area contributed by atoms with Gasteiger partial charge in [0.1, 0.15) is 10.7 Å². The fourth-order valence-corrected chi connectivity index (χ4v) is 5.46. The number of nitrogens with one attached hydrogen (secondary N) is 1. The summed E-state index contributed by atoms with van der Waals surface area (Å²) in [6.07, 6.45) is 7.20. The predicted molar refractivity (Wildman–Crippen MR) is 111 cm³/mol. The van der Waals surface area contributed by atoms with Gasteiger partial charge in [0.15, 0.2) is 0 Å². The first kappa shape index (κ1) is 20.3. The minimum Gasteiger partial charge on any atom is -0.348 e. The molecule has 27 heavy (non-hydrogen) atoms. The topological polar surface area (TPSA) is 90.0 Å². The summed E-state index contributed by atoms with van der Waals surface area (Å²) < 4.78 is 1.82. The molecule has 2 aromatic heterocycles. The highest BCUT2D eigenvalue weighted by Crippen LogP contribution is 2.30. The second kappa shape index (κ2) is 8.29. The molecule has 2 aromatic rings. The van der Waals surface area contributed by atoms with Crippen molar-refractivity contribution in [2.24, 2.45) is 11.7 Å². The van der Waals surface area contributed by atoms with Crippen molar-refractivity contribution < 1.29 is 4.79 Å². The van der Waals surface area contributed by atoms with Gasteiger partial charge in [-0.2, -0.15) is 0 Å². The zero-order valence-corrected chi connectivity index (χ0v) is 17.3. The largest absolute Gasteiger partial charge is 0.348 e. The molecule has 3 heterocycles. The third-order valence-electron chi connectivity index (χ3n) is 5.90. The van der Waals surface area contributed by atoms with Crippen LogP contribution in [0.4, 0.5) is 0 Å². The molecular formula is C19H27ClN4O2S. The van der Waals surface area contributed by atoms with Gasteiger partial charge in [0.25, 0.3) is 11.5 Å². The summed E-state index contributed by atoms with van der Waals surface area (Å²) >= 11 is 1.35. The number of amides is 1. The Morgan fingerprint density at radius 1 is 1.30 bits per heavy atom. The average Bonchev–Trinajstić information content (AvgIpc) is 3.11. The molecule has 0 bridgehead atoms. The van der Waals surface area contributed by atoms with Crippen LogP contribution in [-0.4, -0.2) is 28.0 Å². The maximum atomic E-state index is 13.0. The van der Waals surface area contributed by atoms with Gasteiger partial charge in [-0.1, -0.05) is 12.8 Å². The van der Waals surface area contributed by atoms with Crippen LogP contribution in [0.1, 0.15) is 59.6 Å². The summed E-state index contributed by atoms with van der Waals surface area (Å²) in [4.78, 5) is 31.9. The van der Waals surface area contributed by atoms with Crippen LogP contribution in [0.25, 0.3) is 10.2 Å². The van der Waals surface area contributed by atoms with Crippen LogP contribution in [0, 0.1) is 12.8 Å². The summed E-state index contributed by atoms with van der Waals surface area (Å²) in [5, 5.41) is 3.77. The molecule has 6 nitrogen and oxygen atoms in total. The summed E-state index contributed by atoms with van der Waals surface area (Å²) in [5.74, 6) is 1.14. The lowest BCUT2D eigenvalue weighted by atomic mass is 10.0. The number of nitrogens with zero attached hydrogens (tertiary/aromatic N) is 2. The Balaban J connectivity index is 0.00000210. The number of hydrogen-bond acceptors (Lipinski definition) is 5. The van der Waals surface area contributed by atoms with E-state index in [0.29, 0.717) is 27.6 Å². The van der Waals surface area contributed by atoms with Crippen molar-refractivity contribution in [3.8, 4) is 0 Å². The van der Waals surface area contributed by atoms with Crippen molar-refractivity contribution in [1.29, 1.82) is 0 Å². The second-order valence-electron chi connectivity index (χ2n) is 7.54. The van der Waals surface area contributed by atoms with Crippen molar-refractivity contribution in [3.63, 3.8) is 0 Å². The molecule has 4 rings (SSSR count). The highest BCUT2D eigenvalue weighted by molar-refractivity contribution is 7.20. The maximum absolute atomic E-state index is 13.0. The van der Waals surface area contributed by atoms with E-state index in [9.17, 15) is 9.59 Å². The molecule has 0 saturated heterocycles. The number of hydrogen-bond donors (Lipinski definition) is 2. The minimum absolute atomic E-state index is 0. The Kier molecular flexibility index (Phi) is 6.23. The summed E-state index contributed by atoms with van der Waals surface area (Å²) in [5.41, 5.74) is 6.61. The van der Waals surface area contributed by atoms with E-state index in [2.05, 4.69) is 5.32 Å². The molecule has 1 fully saturated rings. The molecule has 148 valence electrons. The lowest BCUT2D eigenvalue weighted by molar-refractivity contribution is 0.0932. The van der Waals surface area contributed by atoms with Crippen LogP contribution in [0.5, 0.6) is 0 Å². The molecule has 2 aliphatic rings. The van der Waals surface area contributed by atoms with Crippen molar-refractivity contribution in [2.45, 2.75) is 64.5 Å². The van der Waals surface area contributed by atoms with Gasteiger partial charge in [-0.25, -0.2) is 4.98 Å². The number of aryl methyl sites for hydroxylation is 2. The van der Waals surface area contributed by atoms with Crippen molar-refractivity contribution in [2.75, 3.05) is 6.54 Å². The minimum atomic E-state index is -0.0876. The third kappa shape index (κ3) is 3.65. The summed E-state index contributed by atoms with van der Waals surface area (Å²) in [6.45, 7) is 3.20. The summed E-state index contributed by atoms with van der Waals surface area (Å²) in [7, 11) is 0. The van der Waals surface area contributed by atoms with Crippen LogP contribution >= 0.6 is 23.7 Å². The number of nitrogens with two attached hydrogens (primary N) is 1. The number of carbonyl (C=O) groups is 1. The molecule has 2 unspecified atom stereocenters. The lowest BCUT2D eigenvalue weighted by Gasteiger charge is -2.19. The van der Waals surface area contributed by atoms with E-state index >= 15 is 0 Å². The monoisotopic (exact) mass is 410 g/mol. The standard InChI is InChI=1S/C19H26N4O2S.ClH/c1-11-15-18(22-14-8-3-2-4-9-23(14)19(15)25)26-16(11)17(24)21-13-7-5-6-12(13)10-20;/h12-13H,2-10,20H2,1H3,(H,21,24);1H. The molecule has 1 saturated carbocycles. The van der Waals surface area contributed by atoms with E-state index in [4.69, 9.17) is 10.7 Å². The molecular weight excluding hydrogens is 384 g/mol.